The number of aromatic nitrogens is 2. The Kier molecular flexibility index (Phi) is 5.48. The number of nitrogens with one attached hydrogen (secondary N) is 2. The first-order valence-electron chi connectivity index (χ1n) is 7.53. The van der Waals surface area contributed by atoms with Gasteiger partial charge < -0.3 is 10.6 Å². The summed E-state index contributed by atoms with van der Waals surface area (Å²) >= 11 is 0. The predicted molar refractivity (Wildman–Crippen MR) is 85.0 cm³/mol. The molecule has 24 heavy (non-hydrogen) atoms. The summed E-state index contributed by atoms with van der Waals surface area (Å²) < 4.78 is 39.5. The Balaban J connectivity index is 2.02. The summed E-state index contributed by atoms with van der Waals surface area (Å²) in [6.07, 6.45) is -0.725. The van der Waals surface area contributed by atoms with E-state index in [2.05, 4.69) is 29.6 Å². The van der Waals surface area contributed by atoms with Crippen LogP contribution in [0.1, 0.15) is 25.8 Å². The van der Waals surface area contributed by atoms with Gasteiger partial charge in [-0.25, -0.2) is 9.48 Å². The van der Waals surface area contributed by atoms with Gasteiger partial charge in [0.15, 0.2) is 0 Å². The number of benzene rings is 1. The number of carbonyl (C=O) groups is 1. The van der Waals surface area contributed by atoms with Crippen molar-refractivity contribution in [2.75, 3.05) is 11.9 Å². The smallest absolute Gasteiger partial charge is 0.338 e. The minimum Gasteiger partial charge on any atom is -0.338 e. The predicted octanol–water partition coefficient (Wildman–Crippen LogP) is 4.06. The Bertz CT molecular complexity index is 695. The third-order valence-electron chi connectivity index (χ3n) is 3.29. The van der Waals surface area contributed by atoms with E-state index in [1.165, 1.54) is 29.2 Å². The van der Waals surface area contributed by atoms with Gasteiger partial charge in [-0.05, 0) is 30.5 Å². The summed E-state index contributed by atoms with van der Waals surface area (Å²) in [6, 6.07) is 4.44. The molecule has 0 atom stereocenters. The molecule has 2 N–H and O–H groups in total. The Hall–Kier alpha value is -2.51. The van der Waals surface area contributed by atoms with Gasteiger partial charge in [0.2, 0.25) is 0 Å². The van der Waals surface area contributed by atoms with Crippen molar-refractivity contribution in [1.82, 2.24) is 15.1 Å². The summed E-state index contributed by atoms with van der Waals surface area (Å²) in [5.74, 6) is 0.481. The quantitative estimate of drug-likeness (QED) is 0.862. The number of alkyl halides is 3. The van der Waals surface area contributed by atoms with E-state index in [1.807, 2.05) is 0 Å². The van der Waals surface area contributed by atoms with Gasteiger partial charge in [-0.1, -0.05) is 19.9 Å². The van der Waals surface area contributed by atoms with Crippen LogP contribution in [-0.2, 0) is 6.18 Å². The van der Waals surface area contributed by atoms with E-state index in [0.29, 0.717) is 18.2 Å². The lowest BCUT2D eigenvalue weighted by molar-refractivity contribution is -0.137. The normalized spacial score (nSPS) is 11.6. The topological polar surface area (TPSA) is 59.0 Å². The molecule has 2 rings (SSSR count). The van der Waals surface area contributed by atoms with Crippen LogP contribution < -0.4 is 10.6 Å². The van der Waals surface area contributed by atoms with E-state index in [9.17, 15) is 18.0 Å². The molecule has 2 aromatic rings. The van der Waals surface area contributed by atoms with Crippen molar-refractivity contribution >= 4 is 11.7 Å². The minimum atomic E-state index is -4.42. The van der Waals surface area contributed by atoms with Crippen molar-refractivity contribution in [1.29, 1.82) is 0 Å². The molecule has 1 heterocycles. The second-order valence-corrected chi connectivity index (χ2v) is 5.79. The van der Waals surface area contributed by atoms with Crippen molar-refractivity contribution in [3.8, 4) is 5.69 Å². The van der Waals surface area contributed by atoms with E-state index in [0.717, 1.165) is 18.6 Å². The molecule has 0 aliphatic carbocycles. The molecule has 0 unspecified atom stereocenters. The number of anilines is 1. The van der Waals surface area contributed by atoms with Crippen LogP contribution >= 0.6 is 0 Å². The van der Waals surface area contributed by atoms with Gasteiger partial charge in [0, 0.05) is 6.54 Å². The number of carbonyl (C=O) groups excluding carboxylic acids is 1. The Morgan fingerprint density at radius 2 is 2.08 bits per heavy atom. The van der Waals surface area contributed by atoms with E-state index in [1.54, 1.807) is 0 Å². The van der Waals surface area contributed by atoms with Gasteiger partial charge in [-0.2, -0.15) is 18.3 Å². The molecule has 0 saturated heterocycles. The molecule has 1 aromatic carbocycles. The van der Waals surface area contributed by atoms with Crippen molar-refractivity contribution < 1.29 is 18.0 Å². The maximum absolute atomic E-state index is 12.7. The number of urea groups is 1. The molecule has 5 nitrogen and oxygen atoms in total. The maximum Gasteiger partial charge on any atom is 0.416 e. The highest BCUT2D eigenvalue weighted by Gasteiger charge is 2.30. The first-order chi connectivity index (χ1) is 11.3. The molecule has 0 fully saturated rings. The molecule has 8 heteroatoms. The molecule has 0 spiro atoms. The maximum atomic E-state index is 12.7. The molecular weight excluding hydrogens is 321 g/mol. The zero-order valence-corrected chi connectivity index (χ0v) is 13.4. The minimum absolute atomic E-state index is 0.262. The molecule has 0 bridgehead atoms. The van der Waals surface area contributed by atoms with Gasteiger partial charge >= 0.3 is 12.2 Å². The molecule has 0 radical (unpaired) electrons. The summed E-state index contributed by atoms with van der Waals surface area (Å²) in [5, 5.41) is 9.28. The number of rotatable bonds is 5. The lowest BCUT2D eigenvalue weighted by Gasteiger charge is -2.08. The summed E-state index contributed by atoms with van der Waals surface area (Å²) in [6.45, 7) is 4.66. The number of hydrogen-bond acceptors (Lipinski definition) is 2. The van der Waals surface area contributed by atoms with E-state index in [-0.39, 0.29) is 11.7 Å². The molecule has 0 saturated carbocycles. The first kappa shape index (κ1) is 17.8. The third kappa shape index (κ3) is 5.00. The van der Waals surface area contributed by atoms with E-state index >= 15 is 0 Å². The molecule has 0 aliphatic heterocycles. The second-order valence-electron chi connectivity index (χ2n) is 5.79. The van der Waals surface area contributed by atoms with Crippen LogP contribution in [0.3, 0.4) is 0 Å². The fourth-order valence-corrected chi connectivity index (χ4v) is 2.00. The zero-order chi connectivity index (χ0) is 17.7. The Morgan fingerprint density at radius 3 is 2.75 bits per heavy atom. The Labute approximate surface area is 137 Å². The van der Waals surface area contributed by atoms with Gasteiger partial charge in [-0.15, -0.1) is 0 Å². The molecule has 0 aliphatic rings. The standard InChI is InChI=1S/C16H19F3N4O/c1-11(2)6-7-20-15(24)22-13-9-21-23(10-13)14-5-3-4-12(8-14)16(17,18)19/h3-5,8-11H,6-7H2,1-2H3,(H2,20,22,24). The fourth-order valence-electron chi connectivity index (χ4n) is 2.00. The van der Waals surface area contributed by atoms with Crippen LogP contribution in [0, 0.1) is 5.92 Å². The molecular formula is C16H19F3N4O. The number of hydrogen-bond donors (Lipinski definition) is 2. The van der Waals surface area contributed by atoms with Crippen LogP contribution in [0.2, 0.25) is 0 Å². The van der Waals surface area contributed by atoms with Crippen molar-refractivity contribution in [3.05, 3.63) is 42.2 Å². The van der Waals surface area contributed by atoms with Crippen molar-refractivity contribution in [2.24, 2.45) is 5.92 Å². The number of halogens is 3. The highest BCUT2D eigenvalue weighted by atomic mass is 19.4. The second kappa shape index (κ2) is 7.37. The average molecular weight is 340 g/mol. The van der Waals surface area contributed by atoms with E-state index in [4.69, 9.17) is 0 Å². The van der Waals surface area contributed by atoms with Crippen molar-refractivity contribution in [3.63, 3.8) is 0 Å². The lowest BCUT2D eigenvalue weighted by Crippen LogP contribution is -2.29. The zero-order valence-electron chi connectivity index (χ0n) is 13.4. The van der Waals surface area contributed by atoms with Gasteiger partial charge in [0.1, 0.15) is 0 Å². The van der Waals surface area contributed by atoms with Crippen LogP contribution in [0.25, 0.3) is 5.69 Å². The molecule has 1 aromatic heterocycles. The molecule has 130 valence electrons. The summed E-state index contributed by atoms with van der Waals surface area (Å²) in [5.41, 5.74) is -0.0935. The summed E-state index contributed by atoms with van der Waals surface area (Å²) in [4.78, 5) is 11.7. The molecule has 2 amide bonds. The van der Waals surface area contributed by atoms with Gasteiger partial charge in [-0.3, -0.25) is 0 Å². The highest BCUT2D eigenvalue weighted by molar-refractivity contribution is 5.88. The van der Waals surface area contributed by atoms with Crippen LogP contribution in [0.4, 0.5) is 23.7 Å². The first-order valence-corrected chi connectivity index (χ1v) is 7.53. The monoisotopic (exact) mass is 340 g/mol. The fraction of sp³-hybridized carbons (Fsp3) is 0.375. The largest absolute Gasteiger partial charge is 0.416 e. The van der Waals surface area contributed by atoms with E-state index < -0.39 is 11.7 Å². The van der Waals surface area contributed by atoms with Crippen LogP contribution in [0.5, 0.6) is 0 Å². The SMILES string of the molecule is CC(C)CCNC(=O)Nc1cnn(-c2cccc(C(F)(F)F)c2)c1. The Morgan fingerprint density at radius 1 is 1.33 bits per heavy atom. The average Bonchev–Trinajstić information content (AvgIpc) is 2.94. The third-order valence-corrected chi connectivity index (χ3v) is 3.29. The number of amides is 2. The van der Waals surface area contributed by atoms with Crippen LogP contribution in [-0.4, -0.2) is 22.4 Å². The lowest BCUT2D eigenvalue weighted by atomic mass is 10.1. The van der Waals surface area contributed by atoms with Crippen molar-refractivity contribution in [2.45, 2.75) is 26.4 Å². The van der Waals surface area contributed by atoms with Gasteiger partial charge in [0.05, 0.1) is 29.3 Å². The van der Waals surface area contributed by atoms with Crippen LogP contribution in [0.15, 0.2) is 36.7 Å². The number of nitrogens with zero attached hydrogens (tertiary/aromatic N) is 2. The summed E-state index contributed by atoms with van der Waals surface area (Å²) in [7, 11) is 0. The highest BCUT2D eigenvalue weighted by Crippen LogP contribution is 2.30. The van der Waals surface area contributed by atoms with Gasteiger partial charge in [0.25, 0.3) is 0 Å².